The van der Waals surface area contributed by atoms with Crippen LogP contribution in [0.1, 0.15) is 29.6 Å². The van der Waals surface area contributed by atoms with Gasteiger partial charge in [0.1, 0.15) is 11.5 Å². The number of benzene rings is 2. The highest BCUT2D eigenvalue weighted by Gasteiger charge is 2.41. The number of nitrogens with zero attached hydrogens (tertiary/aromatic N) is 2. The summed E-state index contributed by atoms with van der Waals surface area (Å²) in [6.45, 7) is 1.68. The summed E-state index contributed by atoms with van der Waals surface area (Å²) in [7, 11) is 3.17. The number of hydrogen-bond donors (Lipinski definition) is 2. The molecule has 0 bridgehead atoms. The molecule has 4 rings (SSSR count). The molecule has 33 heavy (non-hydrogen) atoms. The van der Waals surface area contributed by atoms with Gasteiger partial charge in [0.15, 0.2) is 0 Å². The average Bonchev–Trinajstić information content (AvgIpc) is 3.25. The smallest absolute Gasteiger partial charge is 0.253 e. The van der Waals surface area contributed by atoms with Gasteiger partial charge in [0.25, 0.3) is 5.91 Å². The van der Waals surface area contributed by atoms with Gasteiger partial charge in [0.05, 0.1) is 26.4 Å². The van der Waals surface area contributed by atoms with Crippen molar-refractivity contribution in [3.05, 3.63) is 54.1 Å². The first kappa shape index (κ1) is 23.1. The highest BCUT2D eigenvalue weighted by molar-refractivity contribution is 5.95. The molecular formula is C25H31N3O5. The molecule has 2 fully saturated rings. The van der Waals surface area contributed by atoms with E-state index in [1.54, 1.807) is 32.4 Å². The molecule has 0 radical (unpaired) electrons. The van der Waals surface area contributed by atoms with Crippen LogP contribution in [0.15, 0.2) is 48.5 Å². The Morgan fingerprint density at radius 3 is 2.36 bits per heavy atom. The Morgan fingerprint density at radius 2 is 1.67 bits per heavy atom. The summed E-state index contributed by atoms with van der Waals surface area (Å²) in [5, 5.41) is 13.3. The largest absolute Gasteiger partial charge is 0.497 e. The van der Waals surface area contributed by atoms with Crippen LogP contribution in [0.2, 0.25) is 0 Å². The molecular weight excluding hydrogens is 422 g/mol. The Bertz CT molecular complexity index is 990. The number of aliphatic hydroxyl groups excluding tert-OH is 1. The molecule has 2 heterocycles. The van der Waals surface area contributed by atoms with Crippen LogP contribution in [0, 0.1) is 0 Å². The Morgan fingerprint density at radius 1 is 1.00 bits per heavy atom. The van der Waals surface area contributed by atoms with Gasteiger partial charge in [-0.15, -0.1) is 0 Å². The second-order valence-electron chi connectivity index (χ2n) is 8.58. The van der Waals surface area contributed by atoms with Crippen LogP contribution in [0.4, 0.5) is 5.69 Å². The molecule has 2 amide bonds. The Kier molecular flexibility index (Phi) is 7.15. The second-order valence-corrected chi connectivity index (χ2v) is 8.58. The minimum atomic E-state index is -0.539. The molecule has 0 spiro atoms. The van der Waals surface area contributed by atoms with E-state index in [1.807, 2.05) is 35.2 Å². The molecule has 2 atom stereocenters. The second kappa shape index (κ2) is 10.2. The molecule has 2 saturated heterocycles. The number of anilines is 1. The van der Waals surface area contributed by atoms with Crippen LogP contribution in [0.5, 0.6) is 11.5 Å². The van der Waals surface area contributed by atoms with Crippen LogP contribution < -0.4 is 14.8 Å². The number of β-amino-alcohol motifs (C(OH)–C–C–N with tert-alkyl or cyclic N) is 1. The van der Waals surface area contributed by atoms with Crippen molar-refractivity contribution < 1.29 is 24.2 Å². The maximum absolute atomic E-state index is 13.0. The van der Waals surface area contributed by atoms with Gasteiger partial charge in [-0.25, -0.2) is 0 Å². The van der Waals surface area contributed by atoms with Crippen molar-refractivity contribution in [3.8, 4) is 11.5 Å². The fourth-order valence-electron chi connectivity index (χ4n) is 4.77. The van der Waals surface area contributed by atoms with Gasteiger partial charge >= 0.3 is 0 Å². The maximum atomic E-state index is 13.0. The number of rotatable bonds is 6. The predicted octanol–water partition coefficient (Wildman–Crippen LogP) is 2.38. The van der Waals surface area contributed by atoms with Gasteiger partial charge in [-0.3, -0.25) is 14.5 Å². The molecule has 2 aromatic carbocycles. The van der Waals surface area contributed by atoms with Gasteiger partial charge in [-0.05, 0) is 49.6 Å². The normalized spacial score (nSPS) is 21.6. The zero-order valence-electron chi connectivity index (χ0n) is 19.1. The zero-order valence-corrected chi connectivity index (χ0v) is 19.1. The number of aliphatic hydroxyl groups is 1. The zero-order chi connectivity index (χ0) is 23.4. The number of methoxy groups -OCH3 is 2. The fraction of sp³-hybridized carbons (Fsp3) is 0.440. The van der Waals surface area contributed by atoms with E-state index in [0.29, 0.717) is 48.8 Å². The van der Waals surface area contributed by atoms with Crippen LogP contribution in [-0.2, 0) is 4.79 Å². The van der Waals surface area contributed by atoms with Crippen LogP contribution >= 0.6 is 0 Å². The molecule has 2 aliphatic rings. The summed E-state index contributed by atoms with van der Waals surface area (Å²) in [6.07, 6.45) is 1.37. The van der Waals surface area contributed by atoms with Crippen LogP contribution in [0.25, 0.3) is 0 Å². The first-order valence-corrected chi connectivity index (χ1v) is 11.3. The lowest BCUT2D eigenvalue weighted by Crippen LogP contribution is -2.51. The summed E-state index contributed by atoms with van der Waals surface area (Å²) >= 11 is 0. The number of hydrogen-bond acceptors (Lipinski definition) is 6. The van der Waals surface area contributed by atoms with Gasteiger partial charge in [-0.1, -0.05) is 12.1 Å². The Balaban J connectivity index is 1.38. The first-order chi connectivity index (χ1) is 16.0. The monoisotopic (exact) mass is 453 g/mol. The van der Waals surface area contributed by atoms with Gasteiger partial charge < -0.3 is 24.8 Å². The van der Waals surface area contributed by atoms with Gasteiger partial charge in [-0.2, -0.15) is 0 Å². The lowest BCUT2D eigenvalue weighted by Gasteiger charge is -2.39. The van der Waals surface area contributed by atoms with E-state index < -0.39 is 12.1 Å². The number of nitrogens with one attached hydrogen (secondary N) is 1. The van der Waals surface area contributed by atoms with E-state index in [2.05, 4.69) is 10.2 Å². The predicted molar refractivity (Wildman–Crippen MR) is 125 cm³/mol. The highest BCUT2D eigenvalue weighted by atomic mass is 16.5. The molecule has 176 valence electrons. The van der Waals surface area contributed by atoms with Crippen molar-refractivity contribution in [2.75, 3.05) is 39.2 Å². The van der Waals surface area contributed by atoms with E-state index in [-0.39, 0.29) is 17.9 Å². The summed E-state index contributed by atoms with van der Waals surface area (Å²) in [5.41, 5.74) is 1.28. The molecule has 2 aromatic rings. The van der Waals surface area contributed by atoms with Crippen LogP contribution in [-0.4, -0.2) is 78.8 Å². The van der Waals surface area contributed by atoms with Crippen molar-refractivity contribution in [1.82, 2.24) is 9.80 Å². The lowest BCUT2D eigenvalue weighted by molar-refractivity contribution is -0.121. The third-order valence-electron chi connectivity index (χ3n) is 6.49. The Labute approximate surface area is 194 Å². The lowest BCUT2D eigenvalue weighted by atomic mass is 10.0. The summed E-state index contributed by atoms with van der Waals surface area (Å²) in [6, 6.07) is 14.2. The molecule has 8 nitrogen and oxygen atoms in total. The van der Waals surface area contributed by atoms with Gasteiger partial charge in [0.2, 0.25) is 5.91 Å². The van der Waals surface area contributed by atoms with Crippen LogP contribution in [0.3, 0.4) is 0 Å². The fourth-order valence-corrected chi connectivity index (χ4v) is 4.77. The van der Waals surface area contributed by atoms with E-state index in [9.17, 15) is 14.7 Å². The van der Waals surface area contributed by atoms with Crippen molar-refractivity contribution in [3.63, 3.8) is 0 Å². The number of carbonyl (C=O) groups excluding carboxylic acids is 2. The molecule has 8 heteroatoms. The van der Waals surface area contributed by atoms with Gasteiger partial charge in [0, 0.05) is 43.0 Å². The van der Waals surface area contributed by atoms with E-state index >= 15 is 0 Å². The average molecular weight is 454 g/mol. The third kappa shape index (κ3) is 5.29. The molecule has 0 aliphatic carbocycles. The highest BCUT2D eigenvalue weighted by Crippen LogP contribution is 2.28. The minimum absolute atomic E-state index is 0.0128. The molecule has 0 aromatic heterocycles. The number of likely N-dealkylation sites (tertiary alicyclic amines) is 2. The summed E-state index contributed by atoms with van der Waals surface area (Å²) in [5.74, 6) is 1.19. The van der Waals surface area contributed by atoms with Crippen molar-refractivity contribution >= 4 is 17.5 Å². The number of ether oxygens (including phenoxy) is 2. The van der Waals surface area contributed by atoms with E-state index in [1.165, 1.54) is 0 Å². The van der Waals surface area contributed by atoms with Crippen molar-refractivity contribution in [1.29, 1.82) is 0 Å². The third-order valence-corrected chi connectivity index (χ3v) is 6.49. The number of carbonyl (C=O) groups is 2. The number of amides is 2. The van der Waals surface area contributed by atoms with E-state index in [0.717, 1.165) is 12.8 Å². The summed E-state index contributed by atoms with van der Waals surface area (Å²) < 4.78 is 10.5. The molecule has 2 N–H and O–H groups in total. The first-order valence-electron chi connectivity index (χ1n) is 11.3. The molecule has 0 saturated carbocycles. The standard InChI is InChI=1S/C25H31N3O5/c1-32-21-7-3-5-17(13-21)25(31)27-11-9-19(10-12-27)28-16-20(29)15-23(28)24(30)26-18-6-4-8-22(14-18)33-2/h3-8,13-14,19-20,23,29H,9-12,15-16H2,1-2H3,(H,26,30)/t20-,23+/m1/s1. The molecule has 2 aliphatic heterocycles. The topological polar surface area (TPSA) is 91.3 Å². The SMILES string of the molecule is COc1cccc(NC(=O)[C@@H]2C[C@@H](O)CN2C2CCN(C(=O)c3cccc(OC)c3)CC2)c1. The van der Waals surface area contributed by atoms with Crippen molar-refractivity contribution in [2.45, 2.75) is 37.5 Å². The van der Waals surface area contributed by atoms with Crippen molar-refractivity contribution in [2.24, 2.45) is 0 Å². The maximum Gasteiger partial charge on any atom is 0.253 e. The minimum Gasteiger partial charge on any atom is -0.497 e. The summed E-state index contributed by atoms with van der Waals surface area (Å²) in [4.78, 5) is 29.9. The van der Waals surface area contributed by atoms with E-state index in [4.69, 9.17) is 9.47 Å². The molecule has 0 unspecified atom stereocenters. The Hall–Kier alpha value is -3.10. The quantitative estimate of drug-likeness (QED) is 0.698. The number of piperidine rings is 1.